The molecule has 0 bridgehead atoms. The van der Waals surface area contributed by atoms with E-state index >= 15 is 0 Å². The van der Waals surface area contributed by atoms with Crippen LogP contribution in [-0.4, -0.2) is 77.5 Å². The summed E-state index contributed by atoms with van der Waals surface area (Å²) in [5, 5.41) is 14.2. The van der Waals surface area contributed by atoms with Crippen molar-refractivity contribution in [3.8, 4) is 0 Å². The molecule has 1 N–H and O–H groups in total. The molecule has 2 aliphatic heterocycles. The van der Waals surface area contributed by atoms with Gasteiger partial charge in [-0.15, -0.1) is 0 Å². The Morgan fingerprint density at radius 2 is 2.20 bits per heavy atom. The summed E-state index contributed by atoms with van der Waals surface area (Å²) in [5.74, 6) is 0.127. The molecular weight excluding hydrogens is 344 g/mol. The topological polar surface area (TPSA) is 95.7 Å². The maximum absolute atomic E-state index is 12.6. The number of sulfonamides is 1. The van der Waals surface area contributed by atoms with Crippen molar-refractivity contribution >= 4 is 15.9 Å². The number of nitrogens with zero attached hydrogens (tertiary/aromatic N) is 4. The van der Waals surface area contributed by atoms with E-state index in [2.05, 4.69) is 5.10 Å². The van der Waals surface area contributed by atoms with Gasteiger partial charge in [0.2, 0.25) is 15.9 Å². The summed E-state index contributed by atoms with van der Waals surface area (Å²) in [7, 11) is -3.28. The van der Waals surface area contributed by atoms with E-state index in [9.17, 15) is 18.3 Å². The van der Waals surface area contributed by atoms with E-state index in [-0.39, 0.29) is 25.0 Å². The lowest BCUT2D eigenvalue weighted by atomic mass is 9.74. The van der Waals surface area contributed by atoms with Crippen LogP contribution in [-0.2, 0) is 21.4 Å². The second-order valence-corrected chi connectivity index (χ2v) is 9.39. The lowest BCUT2D eigenvalue weighted by molar-refractivity contribution is -0.136. The Morgan fingerprint density at radius 3 is 2.80 bits per heavy atom. The number of carbonyl (C=O) groups is 1. The summed E-state index contributed by atoms with van der Waals surface area (Å²) in [6, 6.07) is 0. The first-order valence-corrected chi connectivity index (χ1v) is 10.4. The fourth-order valence-electron chi connectivity index (χ4n) is 3.98. The largest absolute Gasteiger partial charge is 0.396 e. The van der Waals surface area contributed by atoms with Gasteiger partial charge in [-0.05, 0) is 24.8 Å². The minimum atomic E-state index is -3.28. The first-order chi connectivity index (χ1) is 11.7. The normalized spacial score (nSPS) is 27.5. The SMILES string of the molecule is Cc1cnn(CCC(=O)N2CC[C@H]3CN(S(C)(=O)=O)C[C@@]3(CO)C2)c1. The van der Waals surface area contributed by atoms with Gasteiger partial charge >= 0.3 is 0 Å². The Hall–Kier alpha value is -1.45. The highest BCUT2D eigenvalue weighted by Crippen LogP contribution is 2.42. The number of aliphatic hydroxyl groups is 1. The molecule has 140 valence electrons. The standard InChI is InChI=1S/C16H26N4O4S/c1-13-7-17-19(8-13)6-4-15(22)18-5-3-14-9-20(25(2,23)24)11-16(14,10-18)12-21/h7-8,14,21H,3-6,9-12H2,1-2H3/t14-,16+/m0/s1. The Kier molecular flexibility index (Phi) is 4.91. The van der Waals surface area contributed by atoms with E-state index in [4.69, 9.17) is 0 Å². The molecule has 2 fully saturated rings. The summed E-state index contributed by atoms with van der Waals surface area (Å²) >= 11 is 0. The van der Waals surface area contributed by atoms with Crippen LogP contribution in [0.25, 0.3) is 0 Å². The summed E-state index contributed by atoms with van der Waals surface area (Å²) in [6.45, 7) is 4.12. The van der Waals surface area contributed by atoms with Crippen molar-refractivity contribution in [1.82, 2.24) is 19.0 Å². The van der Waals surface area contributed by atoms with Gasteiger partial charge in [-0.2, -0.15) is 5.10 Å². The van der Waals surface area contributed by atoms with Crippen molar-refractivity contribution in [2.45, 2.75) is 26.3 Å². The van der Waals surface area contributed by atoms with Crippen molar-refractivity contribution in [2.24, 2.45) is 11.3 Å². The van der Waals surface area contributed by atoms with Crippen LogP contribution in [0.1, 0.15) is 18.4 Å². The fourth-order valence-corrected chi connectivity index (χ4v) is 4.93. The predicted molar refractivity (Wildman–Crippen MR) is 92.2 cm³/mol. The van der Waals surface area contributed by atoms with Crippen LogP contribution < -0.4 is 0 Å². The molecule has 0 saturated carbocycles. The minimum absolute atomic E-state index is 0.0252. The predicted octanol–water partition coefficient (Wildman–Crippen LogP) is -0.316. The highest BCUT2D eigenvalue weighted by atomic mass is 32.2. The third kappa shape index (κ3) is 3.73. The smallest absolute Gasteiger partial charge is 0.224 e. The maximum atomic E-state index is 12.6. The van der Waals surface area contributed by atoms with Crippen LogP contribution >= 0.6 is 0 Å². The molecule has 8 nitrogen and oxygen atoms in total. The van der Waals surface area contributed by atoms with E-state index in [0.29, 0.717) is 32.6 Å². The van der Waals surface area contributed by atoms with Gasteiger partial charge in [0.15, 0.2) is 0 Å². The maximum Gasteiger partial charge on any atom is 0.224 e. The monoisotopic (exact) mass is 370 g/mol. The quantitative estimate of drug-likeness (QED) is 0.767. The molecule has 0 aliphatic carbocycles. The number of carbonyl (C=O) groups excluding carboxylic acids is 1. The van der Waals surface area contributed by atoms with Crippen LogP contribution in [0.4, 0.5) is 0 Å². The molecule has 3 rings (SSSR count). The number of rotatable bonds is 5. The molecule has 2 saturated heterocycles. The third-order valence-corrected chi connectivity index (χ3v) is 6.70. The van der Waals surface area contributed by atoms with E-state index in [1.54, 1.807) is 15.8 Å². The third-order valence-electron chi connectivity index (χ3n) is 5.49. The molecule has 1 aromatic rings. The molecule has 1 aromatic heterocycles. The van der Waals surface area contributed by atoms with Crippen molar-refractivity contribution < 1.29 is 18.3 Å². The van der Waals surface area contributed by atoms with Crippen LogP contribution in [0.3, 0.4) is 0 Å². The number of likely N-dealkylation sites (tertiary alicyclic amines) is 1. The van der Waals surface area contributed by atoms with Crippen LogP contribution in [0.2, 0.25) is 0 Å². The Labute approximate surface area is 148 Å². The molecule has 2 aliphatic rings. The number of piperidine rings is 1. The molecule has 3 heterocycles. The summed E-state index contributed by atoms with van der Waals surface area (Å²) in [4.78, 5) is 14.3. The van der Waals surface area contributed by atoms with E-state index in [1.807, 2.05) is 13.1 Å². The summed E-state index contributed by atoms with van der Waals surface area (Å²) < 4.78 is 26.9. The van der Waals surface area contributed by atoms with Gasteiger partial charge in [-0.25, -0.2) is 12.7 Å². The lowest BCUT2D eigenvalue weighted by Crippen LogP contribution is -2.52. The Bertz CT molecular complexity index is 747. The Balaban J connectivity index is 1.64. The average Bonchev–Trinajstić information content (AvgIpc) is 3.15. The summed E-state index contributed by atoms with van der Waals surface area (Å²) in [5.41, 5.74) is 0.513. The molecule has 1 amide bonds. The van der Waals surface area contributed by atoms with E-state index in [1.165, 1.54) is 10.6 Å². The second-order valence-electron chi connectivity index (χ2n) is 7.41. The summed E-state index contributed by atoms with van der Waals surface area (Å²) in [6.07, 6.45) is 5.93. The van der Waals surface area contributed by atoms with Gasteiger partial charge in [0.05, 0.1) is 19.1 Å². The molecule has 2 atom stereocenters. The lowest BCUT2D eigenvalue weighted by Gasteiger charge is -2.43. The van der Waals surface area contributed by atoms with Gasteiger partial charge in [-0.3, -0.25) is 9.48 Å². The molecule has 9 heteroatoms. The first-order valence-electron chi connectivity index (χ1n) is 8.56. The molecular formula is C16H26N4O4S. The number of aryl methyl sites for hydroxylation is 2. The highest BCUT2D eigenvalue weighted by molar-refractivity contribution is 7.88. The zero-order chi connectivity index (χ0) is 18.2. The van der Waals surface area contributed by atoms with Crippen molar-refractivity contribution in [3.05, 3.63) is 18.0 Å². The minimum Gasteiger partial charge on any atom is -0.396 e. The van der Waals surface area contributed by atoms with Crippen LogP contribution in [0.15, 0.2) is 12.4 Å². The molecule has 0 radical (unpaired) electrons. The van der Waals surface area contributed by atoms with E-state index < -0.39 is 15.4 Å². The number of fused-ring (bicyclic) bond motifs is 1. The average molecular weight is 370 g/mol. The first kappa shape index (κ1) is 18.3. The van der Waals surface area contributed by atoms with Crippen LogP contribution in [0, 0.1) is 18.3 Å². The van der Waals surface area contributed by atoms with Crippen LogP contribution in [0.5, 0.6) is 0 Å². The number of hydrogen-bond donors (Lipinski definition) is 1. The molecule has 25 heavy (non-hydrogen) atoms. The van der Waals surface area contributed by atoms with Gasteiger partial charge in [0, 0.05) is 50.8 Å². The number of hydrogen-bond acceptors (Lipinski definition) is 5. The van der Waals surface area contributed by atoms with Crippen molar-refractivity contribution in [2.75, 3.05) is 39.0 Å². The fraction of sp³-hybridized carbons (Fsp3) is 0.750. The zero-order valence-electron chi connectivity index (χ0n) is 14.8. The van der Waals surface area contributed by atoms with E-state index in [0.717, 1.165) is 12.0 Å². The zero-order valence-corrected chi connectivity index (χ0v) is 15.6. The second kappa shape index (κ2) is 6.69. The number of aromatic nitrogens is 2. The number of aliphatic hydroxyl groups excluding tert-OH is 1. The Morgan fingerprint density at radius 1 is 1.44 bits per heavy atom. The van der Waals surface area contributed by atoms with Crippen molar-refractivity contribution in [1.29, 1.82) is 0 Å². The molecule has 0 aromatic carbocycles. The van der Waals surface area contributed by atoms with Crippen molar-refractivity contribution in [3.63, 3.8) is 0 Å². The van der Waals surface area contributed by atoms with Gasteiger partial charge in [0.1, 0.15) is 0 Å². The van der Waals surface area contributed by atoms with Gasteiger partial charge in [0.25, 0.3) is 0 Å². The number of amides is 1. The molecule has 0 unspecified atom stereocenters. The van der Waals surface area contributed by atoms with Gasteiger partial charge in [-0.1, -0.05) is 0 Å². The highest BCUT2D eigenvalue weighted by Gasteiger charge is 2.52. The molecule has 0 spiro atoms. The van der Waals surface area contributed by atoms with Gasteiger partial charge < -0.3 is 10.0 Å².